The Morgan fingerprint density at radius 2 is 1.81 bits per heavy atom. The summed E-state index contributed by atoms with van der Waals surface area (Å²) in [7, 11) is 0. The summed E-state index contributed by atoms with van der Waals surface area (Å²) in [6, 6.07) is 5.30. The summed E-state index contributed by atoms with van der Waals surface area (Å²) in [5, 5.41) is 3.37. The first kappa shape index (κ1) is 19.1. The van der Waals surface area contributed by atoms with Crippen LogP contribution in [0.5, 0.6) is 0 Å². The van der Waals surface area contributed by atoms with E-state index >= 15 is 0 Å². The van der Waals surface area contributed by atoms with Crippen molar-refractivity contribution in [2.75, 3.05) is 31.6 Å². The molecule has 2 heterocycles. The molecule has 26 heavy (non-hydrogen) atoms. The van der Waals surface area contributed by atoms with Gasteiger partial charge in [-0.05, 0) is 38.5 Å². The Balaban J connectivity index is 1.63. The van der Waals surface area contributed by atoms with E-state index in [1.165, 1.54) is 0 Å². The molecule has 0 aliphatic carbocycles. The average molecular weight is 381 g/mol. The van der Waals surface area contributed by atoms with E-state index in [2.05, 4.69) is 5.32 Å². The highest BCUT2D eigenvalue weighted by Gasteiger charge is 2.45. The van der Waals surface area contributed by atoms with Crippen molar-refractivity contribution in [3.8, 4) is 0 Å². The number of piperidine rings is 1. The lowest BCUT2D eigenvalue weighted by Gasteiger charge is -2.40. The minimum Gasteiger partial charge on any atom is -0.347 e. The molecule has 2 aliphatic rings. The van der Waals surface area contributed by atoms with Gasteiger partial charge >= 0.3 is 0 Å². The molecule has 6 nitrogen and oxygen atoms in total. The zero-order valence-electron chi connectivity index (χ0n) is 15.4. The fourth-order valence-corrected chi connectivity index (χ4v) is 3.47. The number of aryl methyl sites for hydroxylation is 1. The van der Waals surface area contributed by atoms with Gasteiger partial charge in [0, 0.05) is 36.6 Å². The minimum atomic E-state index is -1.18. The van der Waals surface area contributed by atoms with Crippen LogP contribution in [0.25, 0.3) is 0 Å². The predicted molar refractivity (Wildman–Crippen MR) is 99.0 cm³/mol. The maximum Gasteiger partial charge on any atom is 0.239 e. The van der Waals surface area contributed by atoms with Crippen LogP contribution in [0.4, 0.5) is 5.69 Å². The van der Waals surface area contributed by atoms with Crippen LogP contribution < -0.4 is 5.32 Å². The van der Waals surface area contributed by atoms with Gasteiger partial charge in [0.15, 0.2) is 5.79 Å². The molecule has 0 unspecified atom stereocenters. The molecular weight excluding hydrogens is 356 g/mol. The fourth-order valence-electron chi connectivity index (χ4n) is 3.29. The van der Waals surface area contributed by atoms with E-state index in [0.29, 0.717) is 49.9 Å². The Morgan fingerprint density at radius 1 is 1.19 bits per heavy atom. The lowest BCUT2D eigenvalue weighted by Crippen LogP contribution is -2.53. The number of hydrogen-bond acceptors (Lipinski definition) is 4. The number of benzene rings is 1. The zero-order chi connectivity index (χ0) is 18.9. The van der Waals surface area contributed by atoms with Gasteiger partial charge in [0.1, 0.15) is 5.41 Å². The van der Waals surface area contributed by atoms with E-state index in [1.54, 1.807) is 30.9 Å². The van der Waals surface area contributed by atoms with Crippen molar-refractivity contribution in [3.05, 3.63) is 28.8 Å². The Labute approximate surface area is 158 Å². The number of ether oxygens (including phenoxy) is 2. The molecule has 2 aliphatic heterocycles. The average Bonchev–Trinajstić information content (AvgIpc) is 3.06. The molecule has 2 fully saturated rings. The monoisotopic (exact) mass is 380 g/mol. The van der Waals surface area contributed by atoms with Gasteiger partial charge in [-0.3, -0.25) is 9.59 Å². The summed E-state index contributed by atoms with van der Waals surface area (Å²) >= 11 is 6.10. The lowest BCUT2D eigenvalue weighted by molar-refractivity contribution is -0.189. The molecule has 1 aromatic carbocycles. The van der Waals surface area contributed by atoms with Gasteiger partial charge in [-0.2, -0.15) is 0 Å². The number of nitrogens with one attached hydrogen (secondary N) is 1. The molecule has 1 aromatic rings. The van der Waals surface area contributed by atoms with Crippen molar-refractivity contribution < 1.29 is 19.1 Å². The maximum atomic E-state index is 12.9. The summed E-state index contributed by atoms with van der Waals surface area (Å²) in [6.07, 6.45) is 1.26. The number of carbonyl (C=O) groups excluding carboxylic acids is 2. The third-order valence-electron chi connectivity index (χ3n) is 5.16. The van der Waals surface area contributed by atoms with Crippen molar-refractivity contribution in [1.29, 1.82) is 0 Å². The van der Waals surface area contributed by atoms with E-state index in [0.717, 1.165) is 5.56 Å². The summed E-state index contributed by atoms with van der Waals surface area (Å²) in [5.74, 6) is -1.08. The van der Waals surface area contributed by atoms with Gasteiger partial charge < -0.3 is 19.7 Å². The Bertz CT molecular complexity index is 703. The number of likely N-dealkylation sites (tertiary alicyclic amines) is 1. The second kappa shape index (κ2) is 7.18. The second-order valence-corrected chi connectivity index (χ2v) is 7.85. The molecule has 0 aromatic heterocycles. The summed E-state index contributed by atoms with van der Waals surface area (Å²) < 4.78 is 11.4. The number of anilines is 1. The second-order valence-electron chi connectivity index (χ2n) is 7.44. The maximum absolute atomic E-state index is 12.9. The molecule has 0 radical (unpaired) electrons. The summed E-state index contributed by atoms with van der Waals surface area (Å²) in [6.45, 7) is 7.42. The number of hydrogen-bond donors (Lipinski definition) is 1. The predicted octanol–water partition coefficient (Wildman–Crippen LogP) is 2.98. The standard InChI is InChI=1S/C19H25ClN2O4/c1-13-4-5-14(12-15(13)20)21-16(23)18(2,3)17(24)22-8-6-19(7-9-22)25-10-11-26-19/h4-5,12H,6-11H2,1-3H3,(H,21,23). The summed E-state index contributed by atoms with van der Waals surface area (Å²) in [5.41, 5.74) is 0.328. The van der Waals surface area contributed by atoms with E-state index in [4.69, 9.17) is 21.1 Å². The zero-order valence-corrected chi connectivity index (χ0v) is 16.2. The highest BCUT2D eigenvalue weighted by molar-refractivity contribution is 6.31. The molecule has 3 rings (SSSR count). The molecule has 2 amide bonds. The smallest absolute Gasteiger partial charge is 0.239 e. The third kappa shape index (κ3) is 3.72. The molecule has 2 saturated heterocycles. The van der Waals surface area contributed by atoms with E-state index in [-0.39, 0.29) is 11.8 Å². The molecule has 1 spiro atoms. The quantitative estimate of drug-likeness (QED) is 0.818. The Morgan fingerprint density at radius 3 is 2.38 bits per heavy atom. The van der Waals surface area contributed by atoms with Crippen LogP contribution in [0.3, 0.4) is 0 Å². The first-order valence-electron chi connectivity index (χ1n) is 8.88. The van der Waals surface area contributed by atoms with Crippen molar-refractivity contribution in [2.24, 2.45) is 5.41 Å². The third-order valence-corrected chi connectivity index (χ3v) is 5.57. The van der Waals surface area contributed by atoms with Crippen LogP contribution in [-0.4, -0.2) is 48.8 Å². The molecule has 0 saturated carbocycles. The first-order valence-corrected chi connectivity index (χ1v) is 9.26. The number of nitrogens with zero attached hydrogens (tertiary/aromatic N) is 1. The van der Waals surface area contributed by atoms with Crippen molar-refractivity contribution in [1.82, 2.24) is 4.90 Å². The molecule has 0 atom stereocenters. The Kier molecular flexibility index (Phi) is 5.28. The summed E-state index contributed by atoms with van der Waals surface area (Å²) in [4.78, 5) is 27.4. The van der Waals surface area contributed by atoms with E-state index in [1.807, 2.05) is 13.0 Å². The van der Waals surface area contributed by atoms with Crippen LogP contribution in [-0.2, 0) is 19.1 Å². The topological polar surface area (TPSA) is 67.9 Å². The molecule has 0 bridgehead atoms. The fraction of sp³-hybridized carbons (Fsp3) is 0.579. The highest BCUT2D eigenvalue weighted by Crippen LogP contribution is 2.33. The van der Waals surface area contributed by atoms with E-state index < -0.39 is 11.2 Å². The van der Waals surface area contributed by atoms with Crippen LogP contribution in [0, 0.1) is 12.3 Å². The van der Waals surface area contributed by atoms with Gasteiger partial charge in [-0.15, -0.1) is 0 Å². The molecular formula is C19H25ClN2O4. The number of halogens is 1. The van der Waals surface area contributed by atoms with Gasteiger partial charge in [0.25, 0.3) is 0 Å². The molecule has 142 valence electrons. The normalized spacial score (nSPS) is 19.6. The lowest BCUT2D eigenvalue weighted by atomic mass is 9.88. The first-order chi connectivity index (χ1) is 12.2. The van der Waals surface area contributed by atoms with Crippen molar-refractivity contribution in [3.63, 3.8) is 0 Å². The van der Waals surface area contributed by atoms with E-state index in [9.17, 15) is 9.59 Å². The van der Waals surface area contributed by atoms with Crippen LogP contribution >= 0.6 is 11.6 Å². The van der Waals surface area contributed by atoms with Gasteiger partial charge in [-0.1, -0.05) is 17.7 Å². The minimum absolute atomic E-state index is 0.193. The Hall–Kier alpha value is -1.63. The SMILES string of the molecule is Cc1ccc(NC(=O)C(C)(C)C(=O)N2CCC3(CC2)OCCO3)cc1Cl. The van der Waals surface area contributed by atoms with Gasteiger partial charge in [0.05, 0.1) is 13.2 Å². The van der Waals surface area contributed by atoms with Crippen molar-refractivity contribution >= 4 is 29.1 Å². The van der Waals surface area contributed by atoms with Crippen LogP contribution in [0.2, 0.25) is 5.02 Å². The highest BCUT2D eigenvalue weighted by atomic mass is 35.5. The van der Waals surface area contributed by atoms with Gasteiger partial charge in [0.2, 0.25) is 11.8 Å². The molecule has 7 heteroatoms. The van der Waals surface area contributed by atoms with Gasteiger partial charge in [-0.25, -0.2) is 0 Å². The largest absolute Gasteiger partial charge is 0.347 e. The molecule has 1 N–H and O–H groups in total. The number of amides is 2. The van der Waals surface area contributed by atoms with Crippen molar-refractivity contribution in [2.45, 2.75) is 39.4 Å². The number of rotatable bonds is 3. The van der Waals surface area contributed by atoms with Crippen LogP contribution in [0.1, 0.15) is 32.3 Å². The van der Waals surface area contributed by atoms with Crippen LogP contribution in [0.15, 0.2) is 18.2 Å². The number of carbonyl (C=O) groups is 2.